The first kappa shape index (κ1) is 13.2. The van der Waals surface area contributed by atoms with E-state index >= 15 is 0 Å². The fourth-order valence-corrected chi connectivity index (χ4v) is 4.10. The third-order valence-corrected chi connectivity index (χ3v) is 5.40. The van der Waals surface area contributed by atoms with Crippen molar-refractivity contribution in [1.82, 2.24) is 15.1 Å². The Kier molecular flexibility index (Phi) is 3.35. The summed E-state index contributed by atoms with van der Waals surface area (Å²) in [7, 11) is 0. The maximum Gasteiger partial charge on any atom is 0.208 e. The molecule has 1 aromatic carbocycles. The van der Waals surface area contributed by atoms with Crippen LogP contribution in [-0.2, 0) is 0 Å². The van der Waals surface area contributed by atoms with Crippen LogP contribution in [0.5, 0.6) is 0 Å². The highest BCUT2D eigenvalue weighted by Gasteiger charge is 2.31. The maximum absolute atomic E-state index is 13.0. The van der Waals surface area contributed by atoms with Gasteiger partial charge in [0.25, 0.3) is 0 Å². The average molecular weight is 304 g/mol. The van der Waals surface area contributed by atoms with Gasteiger partial charge >= 0.3 is 0 Å². The highest BCUT2D eigenvalue weighted by atomic mass is 32.1. The van der Waals surface area contributed by atoms with Gasteiger partial charge < -0.3 is 4.90 Å². The standard InChI is InChI=1S/C15H17FN4S/c16-12-5-3-11(4-6-12)14-17-18-15(21-14)20-9-8-19-7-1-2-13(19)10-20/h3-6,13H,1-2,7-10H2. The summed E-state index contributed by atoms with van der Waals surface area (Å²) >= 11 is 1.60. The van der Waals surface area contributed by atoms with Crippen molar-refractivity contribution in [2.24, 2.45) is 0 Å². The van der Waals surface area contributed by atoms with Gasteiger partial charge in [-0.15, -0.1) is 10.2 Å². The van der Waals surface area contributed by atoms with Gasteiger partial charge in [-0.05, 0) is 43.7 Å². The van der Waals surface area contributed by atoms with Crippen molar-refractivity contribution < 1.29 is 4.39 Å². The molecule has 2 fully saturated rings. The Morgan fingerprint density at radius 2 is 1.95 bits per heavy atom. The summed E-state index contributed by atoms with van der Waals surface area (Å²) in [6.07, 6.45) is 2.61. The Balaban J connectivity index is 1.53. The molecular formula is C15H17FN4S. The lowest BCUT2D eigenvalue weighted by atomic mass is 10.2. The van der Waals surface area contributed by atoms with E-state index in [0.717, 1.165) is 35.3 Å². The number of nitrogens with zero attached hydrogens (tertiary/aromatic N) is 4. The van der Waals surface area contributed by atoms with Crippen molar-refractivity contribution in [3.05, 3.63) is 30.1 Å². The van der Waals surface area contributed by atoms with E-state index in [-0.39, 0.29) is 5.82 Å². The second-order valence-corrected chi connectivity index (χ2v) is 6.63. The van der Waals surface area contributed by atoms with Gasteiger partial charge in [0.1, 0.15) is 10.8 Å². The lowest BCUT2D eigenvalue weighted by Crippen LogP contribution is -2.50. The quantitative estimate of drug-likeness (QED) is 0.854. The van der Waals surface area contributed by atoms with Crippen LogP contribution in [0.15, 0.2) is 24.3 Å². The first-order valence-corrected chi connectivity index (χ1v) is 8.20. The topological polar surface area (TPSA) is 32.3 Å². The number of hydrogen-bond donors (Lipinski definition) is 0. The van der Waals surface area contributed by atoms with Crippen LogP contribution >= 0.6 is 11.3 Å². The van der Waals surface area contributed by atoms with E-state index < -0.39 is 0 Å². The van der Waals surface area contributed by atoms with E-state index in [0.29, 0.717) is 6.04 Å². The van der Waals surface area contributed by atoms with Crippen molar-refractivity contribution in [3.8, 4) is 10.6 Å². The first-order valence-electron chi connectivity index (χ1n) is 7.38. The number of benzene rings is 1. The molecule has 1 atom stereocenters. The van der Waals surface area contributed by atoms with Crippen LogP contribution in [0.1, 0.15) is 12.8 Å². The Bertz CT molecular complexity index is 627. The van der Waals surface area contributed by atoms with Gasteiger partial charge in [0.05, 0.1) is 0 Å². The minimum atomic E-state index is -0.221. The summed E-state index contributed by atoms with van der Waals surface area (Å²) in [5.41, 5.74) is 0.930. The Hall–Kier alpha value is -1.53. The largest absolute Gasteiger partial charge is 0.344 e. The minimum absolute atomic E-state index is 0.221. The smallest absolute Gasteiger partial charge is 0.208 e. The number of anilines is 1. The fraction of sp³-hybridized carbons (Fsp3) is 0.467. The number of halogens is 1. The zero-order valence-corrected chi connectivity index (χ0v) is 12.5. The molecule has 3 heterocycles. The van der Waals surface area contributed by atoms with Crippen molar-refractivity contribution in [2.75, 3.05) is 31.1 Å². The van der Waals surface area contributed by atoms with E-state index in [1.54, 1.807) is 23.5 Å². The van der Waals surface area contributed by atoms with E-state index in [2.05, 4.69) is 20.0 Å². The van der Waals surface area contributed by atoms with E-state index in [9.17, 15) is 4.39 Å². The molecular weight excluding hydrogens is 287 g/mol. The Morgan fingerprint density at radius 1 is 1.10 bits per heavy atom. The normalized spacial score (nSPS) is 22.5. The average Bonchev–Trinajstić information content (AvgIpc) is 3.16. The number of hydrogen-bond acceptors (Lipinski definition) is 5. The number of rotatable bonds is 2. The Labute approximate surface area is 127 Å². The van der Waals surface area contributed by atoms with E-state index in [1.807, 2.05) is 0 Å². The molecule has 4 rings (SSSR count). The van der Waals surface area contributed by atoms with Gasteiger partial charge in [-0.2, -0.15) is 0 Å². The van der Waals surface area contributed by atoms with Gasteiger partial charge in [-0.3, -0.25) is 4.90 Å². The number of aromatic nitrogens is 2. The molecule has 6 heteroatoms. The molecule has 1 aromatic heterocycles. The summed E-state index contributed by atoms with van der Waals surface area (Å²) in [6.45, 7) is 4.44. The molecule has 0 spiro atoms. The van der Waals surface area contributed by atoms with E-state index in [4.69, 9.17) is 0 Å². The predicted molar refractivity (Wildman–Crippen MR) is 82.1 cm³/mol. The molecule has 2 aromatic rings. The van der Waals surface area contributed by atoms with Crippen molar-refractivity contribution in [3.63, 3.8) is 0 Å². The number of piperazine rings is 1. The van der Waals surface area contributed by atoms with Gasteiger partial charge in [0, 0.05) is 31.2 Å². The highest BCUT2D eigenvalue weighted by Crippen LogP contribution is 2.31. The molecule has 0 aliphatic carbocycles. The summed E-state index contributed by atoms with van der Waals surface area (Å²) in [5, 5.41) is 10.4. The van der Waals surface area contributed by atoms with Crippen LogP contribution in [0.3, 0.4) is 0 Å². The molecule has 1 unspecified atom stereocenters. The molecule has 0 N–H and O–H groups in total. The predicted octanol–water partition coefficient (Wildman–Crippen LogP) is 2.63. The lowest BCUT2D eigenvalue weighted by Gasteiger charge is -2.37. The van der Waals surface area contributed by atoms with Crippen molar-refractivity contribution in [1.29, 1.82) is 0 Å². The summed E-state index contributed by atoms with van der Waals surface area (Å²) < 4.78 is 13.0. The van der Waals surface area contributed by atoms with Crippen LogP contribution in [0.25, 0.3) is 10.6 Å². The SMILES string of the molecule is Fc1ccc(-c2nnc(N3CCN4CCCC4C3)s2)cc1. The van der Waals surface area contributed by atoms with Gasteiger partial charge in [-0.25, -0.2) is 4.39 Å². The summed E-state index contributed by atoms with van der Waals surface area (Å²) in [5.74, 6) is -0.221. The summed E-state index contributed by atoms with van der Waals surface area (Å²) in [6, 6.07) is 7.13. The van der Waals surface area contributed by atoms with Gasteiger partial charge in [0.2, 0.25) is 5.13 Å². The van der Waals surface area contributed by atoms with Gasteiger partial charge in [0.15, 0.2) is 0 Å². The second kappa shape index (κ2) is 5.35. The molecule has 0 bridgehead atoms. The maximum atomic E-state index is 13.0. The fourth-order valence-electron chi connectivity index (χ4n) is 3.22. The van der Waals surface area contributed by atoms with E-state index in [1.165, 1.54) is 31.5 Å². The van der Waals surface area contributed by atoms with Crippen molar-refractivity contribution in [2.45, 2.75) is 18.9 Å². The summed E-state index contributed by atoms with van der Waals surface area (Å²) in [4.78, 5) is 4.93. The molecule has 2 aliphatic rings. The van der Waals surface area contributed by atoms with Crippen molar-refractivity contribution >= 4 is 16.5 Å². The van der Waals surface area contributed by atoms with Crippen LogP contribution in [-0.4, -0.2) is 47.3 Å². The first-order chi connectivity index (χ1) is 10.3. The molecule has 0 radical (unpaired) electrons. The minimum Gasteiger partial charge on any atom is -0.344 e. The molecule has 2 aliphatic heterocycles. The third-order valence-electron chi connectivity index (χ3n) is 4.36. The lowest BCUT2D eigenvalue weighted by molar-refractivity contribution is 0.231. The third kappa shape index (κ3) is 2.53. The van der Waals surface area contributed by atoms with Crippen LogP contribution < -0.4 is 4.90 Å². The zero-order valence-electron chi connectivity index (χ0n) is 11.7. The van der Waals surface area contributed by atoms with Crippen LogP contribution in [0.2, 0.25) is 0 Å². The van der Waals surface area contributed by atoms with Crippen LogP contribution in [0, 0.1) is 5.82 Å². The second-order valence-electron chi connectivity index (χ2n) is 5.67. The zero-order chi connectivity index (χ0) is 14.2. The monoisotopic (exact) mass is 304 g/mol. The molecule has 21 heavy (non-hydrogen) atoms. The molecule has 110 valence electrons. The van der Waals surface area contributed by atoms with Crippen LogP contribution in [0.4, 0.5) is 9.52 Å². The highest BCUT2D eigenvalue weighted by molar-refractivity contribution is 7.18. The number of fused-ring (bicyclic) bond motifs is 1. The molecule has 4 nitrogen and oxygen atoms in total. The molecule has 0 amide bonds. The van der Waals surface area contributed by atoms with Gasteiger partial charge in [-0.1, -0.05) is 11.3 Å². The molecule has 2 saturated heterocycles. The molecule has 0 saturated carbocycles. The Morgan fingerprint density at radius 3 is 2.81 bits per heavy atom.